The molecule has 0 unspecified atom stereocenters. The van der Waals surface area contributed by atoms with E-state index in [0.29, 0.717) is 5.82 Å². The summed E-state index contributed by atoms with van der Waals surface area (Å²) in [6.45, 7) is 6.26. The molecule has 16 heavy (non-hydrogen) atoms. The van der Waals surface area contributed by atoms with Crippen LogP contribution >= 0.6 is 0 Å². The van der Waals surface area contributed by atoms with E-state index >= 15 is 0 Å². The van der Waals surface area contributed by atoms with Gasteiger partial charge in [-0.15, -0.1) is 6.42 Å². The molecule has 0 spiro atoms. The Kier molecular flexibility index (Phi) is 2.13. The molecule has 0 amide bonds. The van der Waals surface area contributed by atoms with Crippen LogP contribution in [0.2, 0.25) is 0 Å². The van der Waals surface area contributed by atoms with E-state index in [9.17, 15) is 0 Å². The Balaban J connectivity index is 2.91. The van der Waals surface area contributed by atoms with E-state index in [4.69, 9.17) is 12.2 Å². The fraction of sp³-hybridized carbons (Fsp3) is 0.333. The van der Waals surface area contributed by atoms with Gasteiger partial charge >= 0.3 is 0 Å². The third-order valence-corrected chi connectivity index (χ3v) is 2.49. The van der Waals surface area contributed by atoms with Crippen LogP contribution in [0.3, 0.4) is 0 Å². The van der Waals surface area contributed by atoms with Gasteiger partial charge < -0.3 is 10.3 Å². The van der Waals surface area contributed by atoms with E-state index in [0.717, 1.165) is 16.6 Å². The van der Waals surface area contributed by atoms with Gasteiger partial charge in [0.1, 0.15) is 17.8 Å². The van der Waals surface area contributed by atoms with E-state index in [1.807, 2.05) is 10.8 Å². The van der Waals surface area contributed by atoms with Gasteiger partial charge in [-0.3, -0.25) is 0 Å². The maximum absolute atomic E-state index is 5.83. The molecule has 0 bridgehead atoms. The Morgan fingerprint density at radius 3 is 2.62 bits per heavy atom. The van der Waals surface area contributed by atoms with Crippen LogP contribution in [0.1, 0.15) is 26.3 Å². The van der Waals surface area contributed by atoms with Gasteiger partial charge in [-0.25, -0.2) is 9.97 Å². The van der Waals surface area contributed by atoms with Crippen molar-refractivity contribution in [3.63, 3.8) is 0 Å². The molecule has 0 aliphatic heterocycles. The van der Waals surface area contributed by atoms with Crippen LogP contribution in [-0.4, -0.2) is 14.5 Å². The van der Waals surface area contributed by atoms with Crippen LogP contribution in [-0.2, 0) is 5.54 Å². The molecule has 4 heteroatoms. The highest BCUT2D eigenvalue weighted by molar-refractivity contribution is 5.92. The highest BCUT2D eigenvalue weighted by atomic mass is 15.1. The maximum atomic E-state index is 5.83. The van der Waals surface area contributed by atoms with Crippen molar-refractivity contribution in [2.24, 2.45) is 0 Å². The zero-order valence-electron chi connectivity index (χ0n) is 9.65. The molecule has 2 aromatic heterocycles. The van der Waals surface area contributed by atoms with Crippen LogP contribution in [0.5, 0.6) is 0 Å². The Hall–Kier alpha value is -2.02. The molecule has 0 aliphatic rings. The maximum Gasteiger partial charge on any atom is 0.147 e. The SMILES string of the molecule is C#Cc1cn(C(C)(C)C)c2ncnc(N)c12. The lowest BCUT2D eigenvalue weighted by Crippen LogP contribution is -2.21. The fourth-order valence-corrected chi connectivity index (χ4v) is 1.71. The molecule has 0 fully saturated rings. The average Bonchev–Trinajstić information content (AvgIpc) is 2.57. The molecule has 2 aromatic rings. The van der Waals surface area contributed by atoms with Crippen molar-refractivity contribution in [1.82, 2.24) is 14.5 Å². The van der Waals surface area contributed by atoms with Crippen molar-refractivity contribution in [3.8, 4) is 12.3 Å². The molecule has 0 saturated heterocycles. The number of aromatic nitrogens is 3. The Morgan fingerprint density at radius 2 is 2.06 bits per heavy atom. The second-order valence-electron chi connectivity index (χ2n) is 4.69. The molecule has 2 N–H and O–H groups in total. The topological polar surface area (TPSA) is 56.7 Å². The minimum Gasteiger partial charge on any atom is -0.383 e. The Labute approximate surface area is 94.5 Å². The van der Waals surface area contributed by atoms with Gasteiger partial charge in [0, 0.05) is 11.7 Å². The Morgan fingerprint density at radius 1 is 1.38 bits per heavy atom. The smallest absolute Gasteiger partial charge is 0.147 e. The number of hydrogen-bond acceptors (Lipinski definition) is 3. The van der Waals surface area contributed by atoms with Crippen LogP contribution < -0.4 is 5.73 Å². The quantitative estimate of drug-likeness (QED) is 0.680. The zero-order chi connectivity index (χ0) is 11.9. The van der Waals surface area contributed by atoms with E-state index in [1.54, 1.807) is 0 Å². The van der Waals surface area contributed by atoms with Crippen LogP contribution in [0.25, 0.3) is 11.0 Å². The van der Waals surface area contributed by atoms with Crippen molar-refractivity contribution in [2.45, 2.75) is 26.3 Å². The third-order valence-electron chi connectivity index (χ3n) is 2.49. The van der Waals surface area contributed by atoms with Gasteiger partial charge in [0.2, 0.25) is 0 Å². The summed E-state index contributed by atoms with van der Waals surface area (Å²) in [6.07, 6.45) is 8.82. The van der Waals surface area contributed by atoms with Crippen LogP contribution in [0, 0.1) is 12.3 Å². The number of nitrogen functional groups attached to an aromatic ring is 1. The summed E-state index contributed by atoms with van der Waals surface area (Å²) in [5, 5.41) is 0.764. The molecule has 0 radical (unpaired) electrons. The van der Waals surface area contributed by atoms with E-state index in [2.05, 4.69) is 36.7 Å². The van der Waals surface area contributed by atoms with Gasteiger partial charge in [0.25, 0.3) is 0 Å². The number of anilines is 1. The Bertz CT molecular complexity index is 581. The van der Waals surface area contributed by atoms with Crippen molar-refractivity contribution >= 4 is 16.9 Å². The summed E-state index contributed by atoms with van der Waals surface area (Å²) in [4.78, 5) is 8.22. The molecule has 2 heterocycles. The number of nitrogens with zero attached hydrogens (tertiary/aromatic N) is 3. The van der Waals surface area contributed by atoms with Crippen molar-refractivity contribution < 1.29 is 0 Å². The lowest BCUT2D eigenvalue weighted by Gasteiger charge is -2.21. The minimum atomic E-state index is -0.0891. The highest BCUT2D eigenvalue weighted by Crippen LogP contribution is 2.28. The first-order valence-corrected chi connectivity index (χ1v) is 5.04. The summed E-state index contributed by atoms with van der Waals surface area (Å²) in [5.41, 5.74) is 7.26. The van der Waals surface area contributed by atoms with Crippen LogP contribution in [0.15, 0.2) is 12.5 Å². The number of nitrogens with two attached hydrogens (primary N) is 1. The first-order valence-electron chi connectivity index (χ1n) is 5.04. The largest absolute Gasteiger partial charge is 0.383 e. The van der Waals surface area contributed by atoms with E-state index in [1.165, 1.54) is 6.33 Å². The number of rotatable bonds is 0. The second kappa shape index (κ2) is 3.24. The minimum absolute atomic E-state index is 0.0891. The first kappa shape index (κ1) is 10.5. The number of fused-ring (bicyclic) bond motifs is 1. The molecule has 82 valence electrons. The van der Waals surface area contributed by atoms with E-state index in [-0.39, 0.29) is 5.54 Å². The summed E-state index contributed by atoms with van der Waals surface area (Å²) < 4.78 is 2.02. The van der Waals surface area contributed by atoms with Gasteiger partial charge in [0.05, 0.1) is 10.9 Å². The van der Waals surface area contributed by atoms with Crippen molar-refractivity contribution in [3.05, 3.63) is 18.1 Å². The van der Waals surface area contributed by atoms with Gasteiger partial charge in [0.15, 0.2) is 0 Å². The molecule has 0 saturated carbocycles. The number of hydrogen-bond donors (Lipinski definition) is 1. The fourth-order valence-electron chi connectivity index (χ4n) is 1.71. The lowest BCUT2D eigenvalue weighted by atomic mass is 10.1. The molecular weight excluding hydrogens is 200 g/mol. The van der Waals surface area contributed by atoms with Crippen molar-refractivity contribution in [1.29, 1.82) is 0 Å². The first-order chi connectivity index (χ1) is 7.45. The molecular formula is C12H14N4. The highest BCUT2D eigenvalue weighted by Gasteiger charge is 2.20. The van der Waals surface area contributed by atoms with Gasteiger partial charge in [-0.05, 0) is 20.8 Å². The predicted octanol–water partition coefficient (Wildman–Crippen LogP) is 1.75. The molecule has 0 aromatic carbocycles. The van der Waals surface area contributed by atoms with Crippen LogP contribution in [0.4, 0.5) is 5.82 Å². The summed E-state index contributed by atoms with van der Waals surface area (Å²) in [6, 6.07) is 0. The molecule has 2 rings (SSSR count). The second-order valence-corrected chi connectivity index (χ2v) is 4.69. The normalized spacial score (nSPS) is 11.6. The predicted molar refractivity (Wildman–Crippen MR) is 64.9 cm³/mol. The number of terminal acetylenes is 1. The summed E-state index contributed by atoms with van der Waals surface area (Å²) in [7, 11) is 0. The molecule has 0 atom stereocenters. The monoisotopic (exact) mass is 214 g/mol. The molecule has 0 aliphatic carbocycles. The van der Waals surface area contributed by atoms with Gasteiger partial charge in [-0.2, -0.15) is 0 Å². The zero-order valence-corrected chi connectivity index (χ0v) is 9.65. The lowest BCUT2D eigenvalue weighted by molar-refractivity contribution is 0.408. The summed E-state index contributed by atoms with van der Waals surface area (Å²) >= 11 is 0. The van der Waals surface area contributed by atoms with Crippen molar-refractivity contribution in [2.75, 3.05) is 5.73 Å². The van der Waals surface area contributed by atoms with Gasteiger partial charge in [-0.1, -0.05) is 5.92 Å². The third kappa shape index (κ3) is 1.41. The van der Waals surface area contributed by atoms with E-state index < -0.39 is 0 Å². The molecule has 4 nitrogen and oxygen atoms in total. The summed E-state index contributed by atoms with van der Waals surface area (Å²) in [5.74, 6) is 3.05. The standard InChI is InChI=1S/C12H14N4/c1-5-8-6-16(12(2,3)4)11-9(8)10(13)14-7-15-11/h1,6-7H,2-4H3,(H2,13,14,15). The average molecular weight is 214 g/mol.